The highest BCUT2D eigenvalue weighted by atomic mass is 127. The van der Waals surface area contributed by atoms with Crippen molar-refractivity contribution in [1.82, 2.24) is 10.2 Å². The number of rotatable bonds is 6. The van der Waals surface area contributed by atoms with Crippen molar-refractivity contribution in [3.63, 3.8) is 0 Å². The largest absolute Gasteiger partial charge is 0.370 e. The summed E-state index contributed by atoms with van der Waals surface area (Å²) in [6.45, 7) is 4.79. The summed E-state index contributed by atoms with van der Waals surface area (Å²) in [6.07, 6.45) is 2.38. The van der Waals surface area contributed by atoms with Crippen LogP contribution in [0.15, 0.2) is 34.2 Å². The average molecular weight is 509 g/mol. The molecule has 1 unspecified atom stereocenters. The number of carbonyl (C=O) groups excluding carboxylic acids is 1. The second-order valence-corrected chi connectivity index (χ2v) is 8.05. The third kappa shape index (κ3) is 7.62. The van der Waals surface area contributed by atoms with Crippen LogP contribution in [0.3, 0.4) is 0 Å². The van der Waals surface area contributed by atoms with E-state index in [1.54, 1.807) is 12.1 Å². The molecule has 1 fully saturated rings. The third-order valence-electron chi connectivity index (χ3n) is 4.31. The number of hydrogen-bond donors (Lipinski definition) is 3. The highest BCUT2D eigenvalue weighted by Crippen LogP contribution is 2.19. The monoisotopic (exact) mass is 509 g/mol. The first-order valence-corrected chi connectivity index (χ1v) is 10.3. The number of nitrogens with two attached hydrogens (primary N) is 2. The van der Waals surface area contributed by atoms with Crippen molar-refractivity contribution in [2.45, 2.75) is 37.6 Å². The molecule has 1 amide bonds. The Balaban J connectivity index is 0.00000364. The Morgan fingerprint density at radius 2 is 2.00 bits per heavy atom. The molecule has 27 heavy (non-hydrogen) atoms. The van der Waals surface area contributed by atoms with E-state index in [2.05, 4.69) is 15.2 Å². The Morgan fingerprint density at radius 3 is 2.56 bits per heavy atom. The zero-order chi connectivity index (χ0) is 19.2. The molecule has 1 heterocycles. The summed E-state index contributed by atoms with van der Waals surface area (Å²) in [5.41, 5.74) is 6.21. The van der Waals surface area contributed by atoms with Crippen molar-refractivity contribution in [2.75, 3.05) is 19.6 Å². The number of halogens is 1. The second kappa shape index (κ2) is 10.8. The number of likely N-dealkylation sites (tertiary alicyclic amines) is 1. The first kappa shape index (κ1) is 23.6. The standard InChI is InChI=1S/C17H27N5O3S.HI/c1-2-20-17(22-9-3-4-14(12-22)10-16(18)23)21-11-13-5-7-15(8-6-13)26(19,24)25;/h5-8,14H,2-4,9-12H2,1H3,(H2,18,23)(H,20,21)(H2,19,24,25);1H. The van der Waals surface area contributed by atoms with Crippen molar-refractivity contribution < 1.29 is 13.2 Å². The van der Waals surface area contributed by atoms with Crippen LogP contribution in [-0.4, -0.2) is 44.8 Å². The minimum atomic E-state index is -3.69. The molecule has 0 bridgehead atoms. The fourth-order valence-electron chi connectivity index (χ4n) is 3.09. The van der Waals surface area contributed by atoms with E-state index in [4.69, 9.17) is 10.9 Å². The van der Waals surface area contributed by atoms with E-state index >= 15 is 0 Å². The number of primary sulfonamides is 1. The van der Waals surface area contributed by atoms with E-state index in [0.29, 0.717) is 13.0 Å². The second-order valence-electron chi connectivity index (χ2n) is 6.48. The molecular formula is C17H28IN5O3S. The summed E-state index contributed by atoms with van der Waals surface area (Å²) in [7, 11) is -3.69. The van der Waals surface area contributed by atoms with Crippen LogP contribution < -0.4 is 16.2 Å². The van der Waals surface area contributed by atoms with Gasteiger partial charge in [0.15, 0.2) is 5.96 Å². The number of nitrogens with one attached hydrogen (secondary N) is 1. The fourth-order valence-corrected chi connectivity index (χ4v) is 3.60. The number of piperidine rings is 1. The van der Waals surface area contributed by atoms with E-state index in [1.807, 2.05) is 6.92 Å². The quantitative estimate of drug-likeness (QED) is 0.299. The number of guanidine groups is 1. The molecule has 1 aromatic rings. The van der Waals surface area contributed by atoms with Crippen LogP contribution in [0.5, 0.6) is 0 Å². The molecule has 1 aliphatic rings. The molecule has 0 aliphatic carbocycles. The Labute approximate surface area is 177 Å². The minimum Gasteiger partial charge on any atom is -0.370 e. The number of carbonyl (C=O) groups is 1. The van der Waals surface area contributed by atoms with E-state index in [0.717, 1.165) is 44.0 Å². The van der Waals surface area contributed by atoms with Gasteiger partial charge in [0.25, 0.3) is 0 Å². The van der Waals surface area contributed by atoms with Crippen molar-refractivity contribution in [3.8, 4) is 0 Å². The van der Waals surface area contributed by atoms with Gasteiger partial charge in [-0.25, -0.2) is 18.5 Å². The number of amides is 1. The summed E-state index contributed by atoms with van der Waals surface area (Å²) in [5.74, 6) is 0.769. The van der Waals surface area contributed by atoms with Gasteiger partial charge in [-0.05, 0) is 43.4 Å². The van der Waals surface area contributed by atoms with Crippen LogP contribution in [0.25, 0.3) is 0 Å². The minimum absolute atomic E-state index is 0. The lowest BCUT2D eigenvalue weighted by Gasteiger charge is -2.34. The molecule has 0 spiro atoms. The number of benzene rings is 1. The first-order valence-electron chi connectivity index (χ1n) is 8.73. The number of sulfonamides is 1. The van der Waals surface area contributed by atoms with Gasteiger partial charge in [-0.2, -0.15) is 0 Å². The fraction of sp³-hybridized carbons (Fsp3) is 0.529. The van der Waals surface area contributed by atoms with Gasteiger partial charge in [0.2, 0.25) is 15.9 Å². The van der Waals surface area contributed by atoms with Crippen LogP contribution in [0.2, 0.25) is 0 Å². The lowest BCUT2D eigenvalue weighted by atomic mass is 9.95. The van der Waals surface area contributed by atoms with Gasteiger partial charge in [-0.15, -0.1) is 24.0 Å². The smallest absolute Gasteiger partial charge is 0.238 e. The van der Waals surface area contributed by atoms with Crippen LogP contribution >= 0.6 is 24.0 Å². The van der Waals surface area contributed by atoms with Gasteiger partial charge >= 0.3 is 0 Å². The number of aliphatic imine (C=N–C) groups is 1. The van der Waals surface area contributed by atoms with Gasteiger partial charge in [-0.1, -0.05) is 12.1 Å². The van der Waals surface area contributed by atoms with Crippen molar-refractivity contribution in [2.24, 2.45) is 21.8 Å². The zero-order valence-corrected chi connectivity index (χ0v) is 18.6. The SMILES string of the molecule is CCNC(=NCc1ccc(S(N)(=O)=O)cc1)N1CCCC(CC(N)=O)C1.I. The maximum atomic E-state index is 11.3. The Bertz CT molecular complexity index is 752. The predicted octanol–water partition coefficient (Wildman–Crippen LogP) is 1.00. The Hall–Kier alpha value is -1.40. The maximum Gasteiger partial charge on any atom is 0.238 e. The molecular weight excluding hydrogens is 481 g/mol. The summed E-state index contributed by atoms with van der Waals surface area (Å²) >= 11 is 0. The van der Waals surface area contributed by atoms with Crippen LogP contribution in [0.4, 0.5) is 0 Å². The molecule has 0 saturated carbocycles. The predicted molar refractivity (Wildman–Crippen MR) is 116 cm³/mol. The molecule has 0 aromatic heterocycles. The van der Waals surface area contributed by atoms with Crippen LogP contribution in [0.1, 0.15) is 31.7 Å². The van der Waals surface area contributed by atoms with Gasteiger partial charge in [0.1, 0.15) is 0 Å². The number of hydrogen-bond acceptors (Lipinski definition) is 4. The summed E-state index contributed by atoms with van der Waals surface area (Å²) in [4.78, 5) is 18.1. The molecule has 1 saturated heterocycles. The molecule has 5 N–H and O–H groups in total. The average Bonchev–Trinajstić information content (AvgIpc) is 2.58. The van der Waals surface area contributed by atoms with Crippen molar-refractivity contribution in [3.05, 3.63) is 29.8 Å². The molecule has 2 rings (SSSR count). The van der Waals surface area contributed by atoms with Gasteiger partial charge < -0.3 is 16.0 Å². The van der Waals surface area contributed by atoms with E-state index < -0.39 is 10.0 Å². The van der Waals surface area contributed by atoms with Crippen molar-refractivity contribution in [1.29, 1.82) is 0 Å². The Morgan fingerprint density at radius 1 is 1.33 bits per heavy atom. The summed E-state index contributed by atoms with van der Waals surface area (Å²) in [6, 6.07) is 6.38. The van der Waals surface area contributed by atoms with E-state index in [1.165, 1.54) is 12.1 Å². The number of nitrogens with zero attached hydrogens (tertiary/aromatic N) is 2. The zero-order valence-electron chi connectivity index (χ0n) is 15.4. The molecule has 1 aromatic carbocycles. The first-order chi connectivity index (χ1) is 12.3. The highest BCUT2D eigenvalue weighted by Gasteiger charge is 2.23. The molecule has 1 aliphatic heterocycles. The van der Waals surface area contributed by atoms with Crippen LogP contribution in [-0.2, 0) is 21.4 Å². The van der Waals surface area contributed by atoms with Gasteiger partial charge in [0, 0.05) is 26.1 Å². The van der Waals surface area contributed by atoms with Gasteiger partial charge in [-0.3, -0.25) is 4.79 Å². The molecule has 1 atom stereocenters. The maximum absolute atomic E-state index is 11.3. The van der Waals surface area contributed by atoms with Crippen LogP contribution in [0, 0.1) is 5.92 Å². The summed E-state index contributed by atoms with van der Waals surface area (Å²) in [5, 5.41) is 8.38. The summed E-state index contributed by atoms with van der Waals surface area (Å²) < 4.78 is 22.6. The van der Waals surface area contributed by atoms with Gasteiger partial charge in [0.05, 0.1) is 11.4 Å². The molecule has 152 valence electrons. The Kier molecular flexibility index (Phi) is 9.47. The normalized spacial score (nSPS) is 17.9. The topological polar surface area (TPSA) is 131 Å². The molecule has 8 nitrogen and oxygen atoms in total. The third-order valence-corrected chi connectivity index (χ3v) is 5.24. The number of primary amides is 1. The molecule has 0 radical (unpaired) electrons. The lowest BCUT2D eigenvalue weighted by Crippen LogP contribution is -2.47. The van der Waals surface area contributed by atoms with Crippen molar-refractivity contribution >= 4 is 45.9 Å². The molecule has 10 heteroatoms. The highest BCUT2D eigenvalue weighted by molar-refractivity contribution is 14.0. The lowest BCUT2D eigenvalue weighted by molar-refractivity contribution is -0.119. The van der Waals surface area contributed by atoms with E-state index in [-0.39, 0.29) is 40.7 Å². The van der Waals surface area contributed by atoms with E-state index in [9.17, 15) is 13.2 Å².